The van der Waals surface area contributed by atoms with Crippen molar-refractivity contribution in [1.29, 1.82) is 0 Å². The molecule has 0 aliphatic carbocycles. The molecule has 0 aliphatic rings. The lowest BCUT2D eigenvalue weighted by Crippen LogP contribution is -2.11. The van der Waals surface area contributed by atoms with Gasteiger partial charge in [0.2, 0.25) is 0 Å². The first-order chi connectivity index (χ1) is 6.54. The molecule has 1 atom stereocenters. The van der Waals surface area contributed by atoms with Crippen LogP contribution in [0.1, 0.15) is 0 Å². The van der Waals surface area contributed by atoms with E-state index < -0.39 is 8.69 Å². The van der Waals surface area contributed by atoms with E-state index in [4.69, 9.17) is 37.1 Å². The van der Waals surface area contributed by atoms with E-state index >= 15 is 0 Å². The summed E-state index contributed by atoms with van der Waals surface area (Å²) in [5.74, 6) is 0.490. The number of hydrogen-bond acceptors (Lipinski definition) is 6. The summed E-state index contributed by atoms with van der Waals surface area (Å²) in [6.07, 6.45) is 3.11. The second-order valence-corrected chi connectivity index (χ2v) is 2.22. The van der Waals surface area contributed by atoms with Crippen LogP contribution in [0.5, 0.6) is 0 Å². The summed E-state index contributed by atoms with van der Waals surface area (Å²) in [6.45, 7) is 0.734. The fraction of sp³-hybridized carbons (Fsp3) is 0.333. The molecule has 9 N–H and O–H groups in total. The van der Waals surface area contributed by atoms with Crippen LogP contribution >= 0.6 is 8.69 Å². The molecule has 0 aromatic rings. The molecule has 1 unspecified atom stereocenters. The molecule has 0 rings (SSSR count). The Morgan fingerprint density at radius 2 is 1.43 bits per heavy atom. The SMILES string of the molecule is NC(N)=CCOCC=C(N)N.O=[PH+]O. The number of ether oxygens (including phenoxy) is 1. The Kier molecular flexibility index (Phi) is 12.7. The van der Waals surface area contributed by atoms with E-state index in [-0.39, 0.29) is 11.6 Å². The molecule has 14 heavy (non-hydrogen) atoms. The molecule has 0 aromatic carbocycles. The van der Waals surface area contributed by atoms with Crippen LogP contribution < -0.4 is 22.9 Å². The first-order valence-electron chi connectivity index (χ1n) is 3.55. The van der Waals surface area contributed by atoms with Gasteiger partial charge in [-0.3, -0.25) is 0 Å². The highest BCUT2D eigenvalue weighted by Gasteiger charge is 1.82. The standard InChI is InChI=1S/C6H14N4O.HO2P/c7-5(8)1-3-11-4-2-6(9)10;1-3-2/h1-2H,3-4,7-10H2;3H/p+1. The van der Waals surface area contributed by atoms with E-state index in [2.05, 4.69) is 0 Å². The minimum atomic E-state index is -1.17. The average molecular weight is 223 g/mol. The largest absolute Gasteiger partial charge is 0.491 e. The van der Waals surface area contributed by atoms with Crippen LogP contribution in [0.15, 0.2) is 23.8 Å². The molecule has 0 bridgehead atoms. The Morgan fingerprint density at radius 1 is 1.14 bits per heavy atom. The summed E-state index contributed by atoms with van der Waals surface area (Å²) in [5.41, 5.74) is 20.5. The highest BCUT2D eigenvalue weighted by molar-refractivity contribution is 7.16. The van der Waals surface area contributed by atoms with E-state index in [1.807, 2.05) is 0 Å². The van der Waals surface area contributed by atoms with Crippen molar-refractivity contribution in [3.05, 3.63) is 23.8 Å². The second kappa shape index (κ2) is 11.7. The molecule has 0 spiro atoms. The Labute approximate surface area is 83.7 Å². The monoisotopic (exact) mass is 223 g/mol. The zero-order chi connectivity index (χ0) is 11.4. The van der Waals surface area contributed by atoms with Gasteiger partial charge in [0.05, 0.1) is 24.9 Å². The minimum absolute atomic E-state index is 0.245. The summed E-state index contributed by atoms with van der Waals surface area (Å²) in [5, 5.41) is 0. The van der Waals surface area contributed by atoms with Crippen molar-refractivity contribution < 1.29 is 14.2 Å². The van der Waals surface area contributed by atoms with E-state index in [1.165, 1.54) is 0 Å². The lowest BCUT2D eigenvalue weighted by molar-refractivity contribution is 0.192. The van der Waals surface area contributed by atoms with Crippen molar-refractivity contribution >= 4 is 8.69 Å². The zero-order valence-corrected chi connectivity index (χ0v) is 8.64. The summed E-state index contributed by atoms with van der Waals surface area (Å²) in [4.78, 5) is 7.04. The molecule has 0 aromatic heterocycles. The Hall–Kier alpha value is -1.30. The Bertz CT molecular complexity index is 181. The third-order valence-electron chi connectivity index (χ3n) is 0.874. The molecule has 7 nitrogen and oxygen atoms in total. The third kappa shape index (κ3) is 22.4. The lowest BCUT2D eigenvalue weighted by atomic mass is 10.5. The van der Waals surface area contributed by atoms with Gasteiger partial charge in [0.25, 0.3) is 0 Å². The molecule has 0 aliphatic heterocycles. The van der Waals surface area contributed by atoms with E-state index in [0.29, 0.717) is 13.2 Å². The van der Waals surface area contributed by atoms with E-state index in [0.717, 1.165) is 0 Å². The van der Waals surface area contributed by atoms with Gasteiger partial charge in [-0.1, -0.05) is 0 Å². The van der Waals surface area contributed by atoms with Crippen LogP contribution in [0.2, 0.25) is 0 Å². The number of hydrogen-bond donors (Lipinski definition) is 5. The summed E-state index contributed by atoms with van der Waals surface area (Å²) in [7, 11) is -1.17. The lowest BCUT2D eigenvalue weighted by Gasteiger charge is -1.96. The molecule has 0 saturated heterocycles. The van der Waals surface area contributed by atoms with Gasteiger partial charge in [-0.15, -0.1) is 0 Å². The predicted molar refractivity (Wildman–Crippen MR) is 55.0 cm³/mol. The van der Waals surface area contributed by atoms with Crippen LogP contribution in [-0.4, -0.2) is 18.1 Å². The predicted octanol–water partition coefficient (Wildman–Crippen LogP) is -1.56. The van der Waals surface area contributed by atoms with Crippen LogP contribution in [0.4, 0.5) is 0 Å². The average Bonchev–Trinajstić information content (AvgIpc) is 2.04. The quantitative estimate of drug-likeness (QED) is 0.285. The first-order valence-corrected chi connectivity index (χ1v) is 4.41. The van der Waals surface area contributed by atoms with Gasteiger partial charge in [-0.05, 0) is 16.7 Å². The fourth-order valence-corrected chi connectivity index (χ4v) is 0.378. The molecule has 8 heteroatoms. The molecular formula is C6H16N4O3P+. The van der Waals surface area contributed by atoms with E-state index in [9.17, 15) is 0 Å². The Morgan fingerprint density at radius 3 is 1.64 bits per heavy atom. The smallest absolute Gasteiger partial charge is 0.386 e. The molecule has 0 saturated carbocycles. The zero-order valence-electron chi connectivity index (χ0n) is 7.64. The van der Waals surface area contributed by atoms with Crippen LogP contribution in [0.25, 0.3) is 0 Å². The molecular weight excluding hydrogens is 207 g/mol. The highest BCUT2D eigenvalue weighted by atomic mass is 31.1. The molecule has 0 amide bonds. The first kappa shape index (κ1) is 15.2. The van der Waals surface area contributed by atoms with Gasteiger partial charge in [-0.25, -0.2) is 0 Å². The molecule has 0 heterocycles. The summed E-state index contributed by atoms with van der Waals surface area (Å²) in [6, 6.07) is 0. The van der Waals surface area contributed by atoms with Crippen molar-refractivity contribution in [2.75, 3.05) is 13.2 Å². The van der Waals surface area contributed by atoms with Crippen LogP contribution in [-0.2, 0) is 9.30 Å². The van der Waals surface area contributed by atoms with Crippen molar-refractivity contribution in [1.82, 2.24) is 0 Å². The maximum Gasteiger partial charge on any atom is 0.491 e. The van der Waals surface area contributed by atoms with Gasteiger partial charge in [0.1, 0.15) is 0 Å². The maximum atomic E-state index is 8.51. The van der Waals surface area contributed by atoms with Gasteiger partial charge < -0.3 is 27.7 Å². The Balaban J connectivity index is 0. The van der Waals surface area contributed by atoms with Crippen molar-refractivity contribution in [3.63, 3.8) is 0 Å². The van der Waals surface area contributed by atoms with Gasteiger partial charge >= 0.3 is 8.69 Å². The van der Waals surface area contributed by atoms with Crippen molar-refractivity contribution in [3.8, 4) is 0 Å². The second-order valence-electron chi connectivity index (χ2n) is 2.04. The van der Waals surface area contributed by atoms with Crippen molar-refractivity contribution in [2.24, 2.45) is 22.9 Å². The van der Waals surface area contributed by atoms with Gasteiger partial charge in [0.15, 0.2) is 0 Å². The maximum absolute atomic E-state index is 8.51. The number of rotatable bonds is 4. The fourth-order valence-electron chi connectivity index (χ4n) is 0.378. The molecule has 82 valence electrons. The number of nitrogens with two attached hydrogens (primary N) is 4. The molecule has 0 fully saturated rings. The van der Waals surface area contributed by atoms with E-state index in [1.54, 1.807) is 12.2 Å². The van der Waals surface area contributed by atoms with Gasteiger partial charge in [-0.2, -0.15) is 4.89 Å². The van der Waals surface area contributed by atoms with Crippen LogP contribution in [0, 0.1) is 0 Å². The van der Waals surface area contributed by atoms with Gasteiger partial charge in [0, 0.05) is 0 Å². The van der Waals surface area contributed by atoms with Crippen LogP contribution in [0.3, 0.4) is 0 Å². The topological polar surface area (TPSA) is 151 Å². The summed E-state index contributed by atoms with van der Waals surface area (Å²) < 4.78 is 13.5. The third-order valence-corrected chi connectivity index (χ3v) is 0.874. The molecule has 0 radical (unpaired) electrons. The minimum Gasteiger partial charge on any atom is -0.386 e. The normalized spacial score (nSPS) is 8.36. The van der Waals surface area contributed by atoms with Crippen molar-refractivity contribution in [2.45, 2.75) is 0 Å². The summed E-state index contributed by atoms with van der Waals surface area (Å²) >= 11 is 0. The highest BCUT2D eigenvalue weighted by Crippen LogP contribution is 1.80.